The first-order valence-corrected chi connectivity index (χ1v) is 8.11. The quantitative estimate of drug-likeness (QED) is 0.903. The van der Waals surface area contributed by atoms with Crippen LogP contribution in [0.1, 0.15) is 31.4 Å². The summed E-state index contributed by atoms with van der Waals surface area (Å²) in [5.41, 5.74) is 1.37. The maximum atomic E-state index is 5.75. The van der Waals surface area contributed by atoms with Gasteiger partial charge in [0.05, 0.1) is 0 Å². The third kappa shape index (κ3) is 3.01. The summed E-state index contributed by atoms with van der Waals surface area (Å²) < 4.78 is 11.4. The summed E-state index contributed by atoms with van der Waals surface area (Å²) >= 11 is 0. The number of nitrogens with zero attached hydrogens (tertiary/aromatic N) is 1. The molecule has 4 heteroatoms. The molecule has 0 amide bonds. The Labute approximate surface area is 127 Å². The third-order valence-electron chi connectivity index (χ3n) is 4.51. The fraction of sp³-hybridized carbons (Fsp3) is 0.647. The van der Waals surface area contributed by atoms with Gasteiger partial charge in [-0.05, 0) is 63.1 Å². The van der Waals surface area contributed by atoms with Crippen molar-refractivity contribution in [1.29, 1.82) is 0 Å². The average molecular weight is 290 g/mol. The molecule has 4 nitrogen and oxygen atoms in total. The van der Waals surface area contributed by atoms with Crippen molar-refractivity contribution in [3.05, 3.63) is 23.8 Å². The number of nitrogens with one attached hydrogen (secondary N) is 1. The molecule has 0 saturated carbocycles. The summed E-state index contributed by atoms with van der Waals surface area (Å²) in [6, 6.07) is 6.97. The maximum Gasteiger partial charge on any atom is 0.161 e. The summed E-state index contributed by atoms with van der Waals surface area (Å²) in [5, 5.41) is 3.35. The standard InChI is InChI=1S/C17H26N2O2/c1-3-7-19-8-6-14(12-18-2)17(19)13-4-5-15-16(11-13)21-10-9-20-15/h4-5,11,14,17-18H,3,6-10,12H2,1-2H3. The van der Waals surface area contributed by atoms with Crippen molar-refractivity contribution < 1.29 is 9.47 Å². The molecule has 0 radical (unpaired) electrons. The van der Waals surface area contributed by atoms with E-state index in [1.165, 1.54) is 31.5 Å². The van der Waals surface area contributed by atoms with E-state index in [0.717, 1.165) is 18.0 Å². The van der Waals surface area contributed by atoms with Gasteiger partial charge in [0, 0.05) is 6.04 Å². The molecule has 0 aliphatic carbocycles. The number of likely N-dealkylation sites (tertiary alicyclic amines) is 1. The molecular weight excluding hydrogens is 264 g/mol. The minimum absolute atomic E-state index is 0.494. The number of fused-ring (bicyclic) bond motifs is 1. The van der Waals surface area contributed by atoms with Gasteiger partial charge in [-0.15, -0.1) is 0 Å². The van der Waals surface area contributed by atoms with Crippen LogP contribution in [-0.4, -0.2) is 44.8 Å². The third-order valence-corrected chi connectivity index (χ3v) is 4.51. The van der Waals surface area contributed by atoms with Gasteiger partial charge >= 0.3 is 0 Å². The Bertz CT molecular complexity index is 464. The zero-order valence-corrected chi connectivity index (χ0v) is 13.1. The Morgan fingerprint density at radius 3 is 2.81 bits per heavy atom. The van der Waals surface area contributed by atoms with E-state index in [-0.39, 0.29) is 0 Å². The van der Waals surface area contributed by atoms with Gasteiger partial charge in [-0.2, -0.15) is 0 Å². The minimum Gasteiger partial charge on any atom is -0.486 e. The Hall–Kier alpha value is -1.26. The van der Waals surface area contributed by atoms with Gasteiger partial charge in [0.15, 0.2) is 11.5 Å². The lowest BCUT2D eigenvalue weighted by molar-refractivity contribution is 0.170. The van der Waals surface area contributed by atoms with Gasteiger partial charge in [0.2, 0.25) is 0 Å². The molecule has 1 fully saturated rings. The van der Waals surface area contributed by atoms with Crippen LogP contribution in [0.5, 0.6) is 11.5 Å². The van der Waals surface area contributed by atoms with Crippen molar-refractivity contribution in [3.8, 4) is 11.5 Å². The van der Waals surface area contributed by atoms with Crippen LogP contribution in [0.3, 0.4) is 0 Å². The lowest BCUT2D eigenvalue weighted by Gasteiger charge is -2.29. The van der Waals surface area contributed by atoms with Crippen LogP contribution in [0.25, 0.3) is 0 Å². The van der Waals surface area contributed by atoms with Crippen LogP contribution in [0.4, 0.5) is 0 Å². The number of rotatable bonds is 5. The largest absolute Gasteiger partial charge is 0.486 e. The molecular formula is C17H26N2O2. The molecule has 0 bridgehead atoms. The predicted molar refractivity (Wildman–Crippen MR) is 84.1 cm³/mol. The molecule has 1 N–H and O–H groups in total. The van der Waals surface area contributed by atoms with Crippen LogP contribution in [-0.2, 0) is 0 Å². The maximum absolute atomic E-state index is 5.75. The zero-order chi connectivity index (χ0) is 14.7. The molecule has 116 valence electrons. The van der Waals surface area contributed by atoms with Crippen molar-refractivity contribution in [2.45, 2.75) is 25.8 Å². The highest BCUT2D eigenvalue weighted by Crippen LogP contribution is 2.40. The normalized spacial score (nSPS) is 25.2. The molecule has 3 rings (SSSR count). The Morgan fingerprint density at radius 2 is 2.05 bits per heavy atom. The minimum atomic E-state index is 0.494. The molecule has 0 aromatic heterocycles. The van der Waals surface area contributed by atoms with E-state index in [2.05, 4.69) is 35.3 Å². The Morgan fingerprint density at radius 1 is 1.24 bits per heavy atom. The summed E-state index contributed by atoms with van der Waals surface area (Å²) in [4.78, 5) is 2.62. The van der Waals surface area contributed by atoms with Crippen LogP contribution >= 0.6 is 0 Å². The second-order valence-electron chi connectivity index (χ2n) is 5.99. The monoisotopic (exact) mass is 290 g/mol. The molecule has 1 saturated heterocycles. The molecule has 21 heavy (non-hydrogen) atoms. The van der Waals surface area contributed by atoms with Crippen molar-refractivity contribution in [3.63, 3.8) is 0 Å². The molecule has 2 aliphatic heterocycles. The van der Waals surface area contributed by atoms with Crippen molar-refractivity contribution >= 4 is 0 Å². The highest BCUT2D eigenvalue weighted by Gasteiger charge is 2.34. The van der Waals surface area contributed by atoms with Crippen molar-refractivity contribution in [2.24, 2.45) is 5.92 Å². The fourth-order valence-corrected chi connectivity index (χ4v) is 3.67. The smallest absolute Gasteiger partial charge is 0.161 e. The van der Waals surface area contributed by atoms with Crippen LogP contribution in [0, 0.1) is 5.92 Å². The summed E-state index contributed by atoms with van der Waals surface area (Å²) in [7, 11) is 2.04. The van der Waals surface area contributed by atoms with Gasteiger partial charge in [-0.1, -0.05) is 13.0 Å². The van der Waals surface area contributed by atoms with E-state index >= 15 is 0 Å². The Kier molecular flexibility index (Phi) is 4.66. The first kappa shape index (κ1) is 14.7. The van der Waals surface area contributed by atoms with E-state index in [1.54, 1.807) is 0 Å². The summed E-state index contributed by atoms with van der Waals surface area (Å²) in [6.45, 7) is 6.99. The van der Waals surface area contributed by atoms with Crippen LogP contribution < -0.4 is 14.8 Å². The van der Waals surface area contributed by atoms with Gasteiger partial charge in [-0.3, -0.25) is 4.90 Å². The van der Waals surface area contributed by atoms with Gasteiger partial charge in [0.1, 0.15) is 13.2 Å². The SMILES string of the molecule is CCCN1CCC(CNC)C1c1ccc2c(c1)OCCO2. The van der Waals surface area contributed by atoms with Gasteiger partial charge in [0.25, 0.3) is 0 Å². The summed E-state index contributed by atoms with van der Waals surface area (Å²) in [5.74, 6) is 2.46. The molecule has 1 aromatic carbocycles. The van der Waals surface area contributed by atoms with Crippen LogP contribution in [0.15, 0.2) is 18.2 Å². The highest BCUT2D eigenvalue weighted by molar-refractivity contribution is 5.45. The molecule has 2 aliphatic rings. The molecule has 2 unspecified atom stereocenters. The van der Waals surface area contributed by atoms with E-state index in [0.29, 0.717) is 25.2 Å². The second-order valence-corrected chi connectivity index (χ2v) is 5.99. The molecule has 2 atom stereocenters. The summed E-state index contributed by atoms with van der Waals surface area (Å²) in [6.07, 6.45) is 2.47. The van der Waals surface area contributed by atoms with Crippen LogP contribution in [0.2, 0.25) is 0 Å². The van der Waals surface area contributed by atoms with Gasteiger partial charge < -0.3 is 14.8 Å². The van der Waals surface area contributed by atoms with Crippen molar-refractivity contribution in [2.75, 3.05) is 39.9 Å². The van der Waals surface area contributed by atoms with E-state index in [1.807, 2.05) is 7.05 Å². The average Bonchev–Trinajstić information content (AvgIpc) is 2.90. The first-order valence-electron chi connectivity index (χ1n) is 8.11. The number of ether oxygens (including phenoxy) is 2. The molecule has 2 heterocycles. The second kappa shape index (κ2) is 6.67. The van der Waals surface area contributed by atoms with E-state index < -0.39 is 0 Å². The number of hydrogen-bond donors (Lipinski definition) is 1. The topological polar surface area (TPSA) is 33.7 Å². The zero-order valence-electron chi connectivity index (χ0n) is 13.1. The lowest BCUT2D eigenvalue weighted by Crippen LogP contribution is -2.30. The Balaban J connectivity index is 1.87. The van der Waals surface area contributed by atoms with E-state index in [9.17, 15) is 0 Å². The number of benzene rings is 1. The molecule has 0 spiro atoms. The van der Waals surface area contributed by atoms with Crippen molar-refractivity contribution in [1.82, 2.24) is 10.2 Å². The highest BCUT2D eigenvalue weighted by atomic mass is 16.6. The lowest BCUT2D eigenvalue weighted by atomic mass is 9.93. The number of hydrogen-bond acceptors (Lipinski definition) is 4. The molecule has 1 aromatic rings. The fourth-order valence-electron chi connectivity index (χ4n) is 3.67. The van der Waals surface area contributed by atoms with E-state index in [4.69, 9.17) is 9.47 Å². The first-order chi connectivity index (χ1) is 10.3. The van der Waals surface area contributed by atoms with Gasteiger partial charge in [-0.25, -0.2) is 0 Å². The predicted octanol–water partition coefficient (Wildman–Crippen LogP) is 2.45.